The van der Waals surface area contributed by atoms with Gasteiger partial charge in [0.15, 0.2) is 5.58 Å². The molecule has 0 spiro atoms. The van der Waals surface area contributed by atoms with Gasteiger partial charge in [-0.25, -0.2) is 14.0 Å². The molecule has 8 heteroatoms. The van der Waals surface area contributed by atoms with Gasteiger partial charge in [-0.1, -0.05) is 30.3 Å². The van der Waals surface area contributed by atoms with Gasteiger partial charge in [0, 0.05) is 49.3 Å². The molecular weight excluding hydrogens is 403 g/mol. The first-order valence-electron chi connectivity index (χ1n) is 9.75. The normalized spacial score (nSPS) is 16.2. The number of carboxylic acids is 2. The lowest BCUT2D eigenvalue weighted by Gasteiger charge is -2.35. The largest absolute Gasteiger partial charge is 0.478 e. The van der Waals surface area contributed by atoms with E-state index in [2.05, 4.69) is 34.5 Å². The van der Waals surface area contributed by atoms with E-state index in [1.807, 2.05) is 12.1 Å². The molecular formula is C23H23FN2O5. The van der Waals surface area contributed by atoms with Crippen molar-refractivity contribution in [3.63, 3.8) is 0 Å². The van der Waals surface area contributed by atoms with Crippen LogP contribution in [0.25, 0.3) is 11.0 Å². The zero-order chi connectivity index (χ0) is 22.2. The van der Waals surface area contributed by atoms with Gasteiger partial charge in [-0.3, -0.25) is 0 Å². The van der Waals surface area contributed by atoms with Crippen LogP contribution in [0.15, 0.2) is 71.4 Å². The third kappa shape index (κ3) is 6.42. The van der Waals surface area contributed by atoms with Gasteiger partial charge in [0.2, 0.25) is 0 Å². The summed E-state index contributed by atoms with van der Waals surface area (Å²) in [4.78, 5) is 21.3. The number of hydrogen-bond donors (Lipinski definition) is 3. The summed E-state index contributed by atoms with van der Waals surface area (Å²) in [7, 11) is 0. The van der Waals surface area contributed by atoms with Crippen LogP contribution in [0.2, 0.25) is 0 Å². The molecule has 31 heavy (non-hydrogen) atoms. The van der Waals surface area contributed by atoms with E-state index in [-0.39, 0.29) is 5.82 Å². The minimum Gasteiger partial charge on any atom is -0.478 e. The van der Waals surface area contributed by atoms with Gasteiger partial charge in [-0.2, -0.15) is 0 Å². The molecule has 3 N–H and O–H groups in total. The van der Waals surface area contributed by atoms with Gasteiger partial charge >= 0.3 is 11.9 Å². The van der Waals surface area contributed by atoms with Crippen molar-refractivity contribution < 1.29 is 28.6 Å². The Morgan fingerprint density at radius 3 is 2.52 bits per heavy atom. The van der Waals surface area contributed by atoms with E-state index >= 15 is 0 Å². The highest BCUT2D eigenvalue weighted by Crippen LogP contribution is 2.30. The van der Waals surface area contributed by atoms with E-state index < -0.39 is 11.9 Å². The summed E-state index contributed by atoms with van der Waals surface area (Å²) in [5, 5.41) is 20.0. The Morgan fingerprint density at radius 2 is 1.84 bits per heavy atom. The molecule has 1 fully saturated rings. The van der Waals surface area contributed by atoms with Gasteiger partial charge < -0.3 is 24.8 Å². The molecule has 3 aromatic rings. The Hall–Kier alpha value is -3.65. The van der Waals surface area contributed by atoms with Crippen molar-refractivity contribution in [2.75, 3.05) is 24.5 Å². The molecule has 0 bridgehead atoms. The second-order valence-corrected chi connectivity index (χ2v) is 7.06. The van der Waals surface area contributed by atoms with E-state index in [0.29, 0.717) is 18.2 Å². The maximum atomic E-state index is 13.9. The van der Waals surface area contributed by atoms with Gasteiger partial charge in [-0.15, -0.1) is 0 Å². The van der Waals surface area contributed by atoms with Crippen molar-refractivity contribution in [2.24, 2.45) is 0 Å². The summed E-state index contributed by atoms with van der Waals surface area (Å²) in [6, 6.07) is 15.7. The molecule has 1 aliphatic heterocycles. The van der Waals surface area contributed by atoms with Gasteiger partial charge in [0.25, 0.3) is 0 Å². The van der Waals surface area contributed by atoms with Crippen molar-refractivity contribution in [1.82, 2.24) is 5.32 Å². The average molecular weight is 426 g/mol. The number of carboxylic acid groups (broad SMARTS) is 2. The highest BCUT2D eigenvalue weighted by molar-refractivity contribution is 5.90. The lowest BCUT2D eigenvalue weighted by molar-refractivity contribution is -0.134. The highest BCUT2D eigenvalue weighted by atomic mass is 19.1. The average Bonchev–Trinajstić information content (AvgIpc) is 3.21. The number of nitrogens with zero attached hydrogens (tertiary/aromatic N) is 1. The molecule has 7 nitrogen and oxygen atoms in total. The first kappa shape index (κ1) is 22.0. The van der Waals surface area contributed by atoms with Crippen LogP contribution in [0.5, 0.6) is 0 Å². The zero-order valence-electron chi connectivity index (χ0n) is 16.7. The number of fused-ring (bicyclic) bond motifs is 1. The third-order valence-corrected chi connectivity index (χ3v) is 4.79. The molecule has 1 atom stereocenters. The second-order valence-electron chi connectivity index (χ2n) is 7.06. The Labute approximate surface area is 178 Å². The number of nitrogens with one attached hydrogen (secondary N) is 1. The van der Waals surface area contributed by atoms with Crippen molar-refractivity contribution in [3.05, 3.63) is 78.3 Å². The Balaban J connectivity index is 0.000000293. The molecule has 2 heterocycles. The lowest BCUT2D eigenvalue weighted by Crippen LogP contribution is -2.51. The minimum atomic E-state index is -1.26. The number of benzene rings is 2. The van der Waals surface area contributed by atoms with E-state index in [4.69, 9.17) is 14.6 Å². The quantitative estimate of drug-likeness (QED) is 0.538. The summed E-state index contributed by atoms with van der Waals surface area (Å²) >= 11 is 0. The SMILES string of the molecule is Fc1cc(N2CCN[C@@H](Cc3ccccc3)C2)c2occc2c1.O=C(O)C=CC(=O)O. The fourth-order valence-electron chi connectivity index (χ4n) is 3.48. The van der Waals surface area contributed by atoms with E-state index in [1.165, 1.54) is 11.6 Å². The number of hydrogen-bond acceptors (Lipinski definition) is 5. The molecule has 0 unspecified atom stereocenters. The van der Waals surface area contributed by atoms with Crippen LogP contribution in [-0.2, 0) is 16.0 Å². The fraction of sp³-hybridized carbons (Fsp3) is 0.217. The predicted molar refractivity (Wildman–Crippen MR) is 115 cm³/mol. The van der Waals surface area contributed by atoms with E-state index in [9.17, 15) is 14.0 Å². The predicted octanol–water partition coefficient (Wildman–Crippen LogP) is 3.30. The molecule has 0 amide bonds. The van der Waals surface area contributed by atoms with Gasteiger partial charge in [0.05, 0.1) is 12.0 Å². The van der Waals surface area contributed by atoms with Crippen LogP contribution in [0.3, 0.4) is 0 Å². The van der Waals surface area contributed by atoms with Crippen molar-refractivity contribution in [2.45, 2.75) is 12.5 Å². The molecule has 1 aliphatic rings. The molecule has 0 radical (unpaired) electrons. The van der Waals surface area contributed by atoms with Crippen LogP contribution >= 0.6 is 0 Å². The molecule has 2 aromatic carbocycles. The number of carbonyl (C=O) groups is 2. The van der Waals surface area contributed by atoms with Crippen LogP contribution < -0.4 is 10.2 Å². The number of piperazine rings is 1. The van der Waals surface area contributed by atoms with Crippen LogP contribution in [-0.4, -0.2) is 47.8 Å². The molecule has 0 saturated carbocycles. The number of furan rings is 1. The van der Waals surface area contributed by atoms with Crippen LogP contribution in [0.4, 0.5) is 10.1 Å². The molecule has 0 aliphatic carbocycles. The maximum Gasteiger partial charge on any atom is 0.328 e. The monoisotopic (exact) mass is 426 g/mol. The van der Waals surface area contributed by atoms with Crippen molar-refractivity contribution in [1.29, 1.82) is 0 Å². The highest BCUT2D eigenvalue weighted by Gasteiger charge is 2.22. The number of halogens is 1. The number of aliphatic carboxylic acids is 2. The molecule has 4 rings (SSSR count). The summed E-state index contributed by atoms with van der Waals surface area (Å²) < 4.78 is 19.5. The Kier molecular flexibility index (Phi) is 7.40. The Bertz CT molecular complexity index is 1050. The van der Waals surface area contributed by atoms with Crippen molar-refractivity contribution in [3.8, 4) is 0 Å². The second kappa shape index (κ2) is 10.4. The lowest BCUT2D eigenvalue weighted by atomic mass is 10.0. The smallest absolute Gasteiger partial charge is 0.328 e. The van der Waals surface area contributed by atoms with Gasteiger partial charge in [0.1, 0.15) is 5.82 Å². The molecule has 1 aromatic heterocycles. The minimum absolute atomic E-state index is 0.216. The summed E-state index contributed by atoms with van der Waals surface area (Å²) in [5.41, 5.74) is 2.94. The zero-order valence-corrected chi connectivity index (χ0v) is 16.7. The first-order chi connectivity index (χ1) is 14.9. The van der Waals surface area contributed by atoms with Crippen LogP contribution in [0.1, 0.15) is 5.56 Å². The fourth-order valence-corrected chi connectivity index (χ4v) is 3.48. The van der Waals surface area contributed by atoms with Crippen molar-refractivity contribution >= 4 is 28.6 Å². The van der Waals surface area contributed by atoms with E-state index in [0.717, 1.165) is 42.7 Å². The standard InChI is InChI=1S/C19H19FN2O.C4H4O4/c20-16-11-15-6-9-23-19(15)18(12-16)22-8-7-21-17(13-22)10-14-4-2-1-3-5-14;5-3(6)1-2-4(7)8/h1-6,9,11-12,17,21H,7-8,10,13H2;1-2H,(H,5,6)(H,7,8)/t17-;/m0./s1. The van der Waals surface area contributed by atoms with Crippen LogP contribution in [0, 0.1) is 5.82 Å². The molecule has 162 valence electrons. The topological polar surface area (TPSA) is 103 Å². The third-order valence-electron chi connectivity index (χ3n) is 4.79. The first-order valence-corrected chi connectivity index (χ1v) is 9.75. The number of rotatable bonds is 5. The summed E-state index contributed by atoms with van der Waals surface area (Å²) in [5.74, 6) is -2.73. The van der Waals surface area contributed by atoms with Gasteiger partial charge in [-0.05, 0) is 24.1 Å². The molecule has 1 saturated heterocycles. The summed E-state index contributed by atoms with van der Waals surface area (Å²) in [6.45, 7) is 2.58. The number of anilines is 1. The maximum absolute atomic E-state index is 13.9. The van der Waals surface area contributed by atoms with E-state index in [1.54, 1.807) is 12.3 Å². The summed E-state index contributed by atoms with van der Waals surface area (Å²) in [6.07, 6.45) is 3.70. The Morgan fingerprint density at radius 1 is 1.13 bits per heavy atom.